The van der Waals surface area contributed by atoms with E-state index in [1.165, 1.54) is 11.8 Å². The summed E-state index contributed by atoms with van der Waals surface area (Å²) in [5.41, 5.74) is 1.42. The summed E-state index contributed by atoms with van der Waals surface area (Å²) < 4.78 is 10.7. The van der Waals surface area contributed by atoms with Crippen LogP contribution in [0.25, 0.3) is 0 Å². The van der Waals surface area contributed by atoms with Crippen molar-refractivity contribution < 1.29 is 19.1 Å². The van der Waals surface area contributed by atoms with Gasteiger partial charge >= 0.3 is 5.97 Å². The Morgan fingerprint density at radius 1 is 1.32 bits per heavy atom. The molecule has 1 aliphatic heterocycles. The summed E-state index contributed by atoms with van der Waals surface area (Å²) in [5, 5.41) is 12.0. The van der Waals surface area contributed by atoms with Gasteiger partial charge in [-0.25, -0.2) is 0 Å². The number of rotatable bonds is 6. The number of ether oxygens (including phenoxy) is 2. The molecule has 8 heteroatoms. The Morgan fingerprint density at radius 2 is 2.14 bits per heavy atom. The van der Waals surface area contributed by atoms with E-state index in [0.29, 0.717) is 22.9 Å². The van der Waals surface area contributed by atoms with Crippen LogP contribution in [0.4, 0.5) is 5.69 Å². The number of amides is 1. The molecule has 0 bridgehead atoms. The zero-order valence-electron chi connectivity index (χ0n) is 14.8. The van der Waals surface area contributed by atoms with Gasteiger partial charge in [0.1, 0.15) is 12.4 Å². The van der Waals surface area contributed by atoms with E-state index in [1.54, 1.807) is 30.3 Å². The van der Waals surface area contributed by atoms with E-state index in [0.717, 1.165) is 10.5 Å². The number of esters is 1. The molecule has 0 unspecified atom stereocenters. The molecule has 1 atom stereocenters. The average Bonchev–Trinajstić information content (AvgIpc) is 2.70. The third-order valence-electron chi connectivity index (χ3n) is 4.06. The maximum atomic E-state index is 12.3. The average molecular weight is 417 g/mol. The highest BCUT2D eigenvalue weighted by molar-refractivity contribution is 7.99. The fraction of sp³-hybridized carbons (Fsp3) is 0.250. The summed E-state index contributed by atoms with van der Waals surface area (Å²) in [7, 11) is 0. The summed E-state index contributed by atoms with van der Waals surface area (Å²) >= 11 is 7.30. The number of carbonyl (C=O) groups is 2. The number of carbonyl (C=O) groups excluding carboxylic acids is 2. The molecule has 0 aliphatic carbocycles. The Labute approximate surface area is 171 Å². The Hall–Kier alpha value is -2.69. The molecule has 28 heavy (non-hydrogen) atoms. The Balaban J connectivity index is 1.53. The number of halogens is 1. The topological polar surface area (TPSA) is 88.4 Å². The van der Waals surface area contributed by atoms with E-state index in [1.807, 2.05) is 18.2 Å². The van der Waals surface area contributed by atoms with Crippen molar-refractivity contribution in [2.45, 2.75) is 11.3 Å². The van der Waals surface area contributed by atoms with Gasteiger partial charge < -0.3 is 14.8 Å². The fourth-order valence-electron chi connectivity index (χ4n) is 2.76. The van der Waals surface area contributed by atoms with Gasteiger partial charge in [0.25, 0.3) is 5.91 Å². The molecule has 0 radical (unpaired) electrons. The van der Waals surface area contributed by atoms with Crippen molar-refractivity contribution in [2.24, 2.45) is 5.92 Å². The molecule has 3 rings (SSSR count). The first kappa shape index (κ1) is 20.1. The monoisotopic (exact) mass is 416 g/mol. The zero-order chi connectivity index (χ0) is 19.9. The molecule has 2 aromatic carbocycles. The predicted molar refractivity (Wildman–Crippen MR) is 107 cm³/mol. The molecule has 0 spiro atoms. The third-order valence-corrected chi connectivity index (χ3v) is 5.24. The molecule has 0 saturated carbocycles. The predicted octanol–water partition coefficient (Wildman–Crippen LogP) is 3.69. The first-order valence-corrected chi connectivity index (χ1v) is 9.89. The number of para-hydroxylation sites is 1. The molecular formula is C20H17ClN2O4S. The van der Waals surface area contributed by atoms with Crippen molar-refractivity contribution >= 4 is 40.9 Å². The number of hydrogen-bond donors (Lipinski definition) is 1. The summed E-state index contributed by atoms with van der Waals surface area (Å²) in [6.45, 7) is -0.197. The van der Waals surface area contributed by atoms with Gasteiger partial charge in [0, 0.05) is 9.92 Å². The lowest BCUT2D eigenvalue weighted by atomic mass is 9.97. The summed E-state index contributed by atoms with van der Waals surface area (Å²) in [6.07, 6.45) is 0.448. The summed E-state index contributed by atoms with van der Waals surface area (Å²) in [6, 6.07) is 14.5. The largest absolute Gasteiger partial charge is 0.492 e. The number of thioether (sulfide) groups is 1. The van der Waals surface area contributed by atoms with E-state index in [2.05, 4.69) is 5.32 Å². The minimum atomic E-state index is -0.493. The summed E-state index contributed by atoms with van der Waals surface area (Å²) in [5.74, 6) is -0.448. The van der Waals surface area contributed by atoms with Gasteiger partial charge in [0.15, 0.2) is 6.61 Å². The van der Waals surface area contributed by atoms with Crippen LogP contribution in [0.1, 0.15) is 5.56 Å². The molecule has 1 aliphatic rings. The van der Waals surface area contributed by atoms with Crippen LogP contribution >= 0.6 is 23.4 Å². The lowest BCUT2D eigenvalue weighted by molar-refractivity contribution is -0.152. The van der Waals surface area contributed by atoms with Crippen molar-refractivity contribution in [3.8, 4) is 11.8 Å². The van der Waals surface area contributed by atoms with Crippen LogP contribution in [-0.2, 0) is 20.7 Å². The second-order valence-corrected chi connectivity index (χ2v) is 7.52. The lowest BCUT2D eigenvalue weighted by Gasteiger charge is -2.24. The third kappa shape index (κ3) is 5.18. The van der Waals surface area contributed by atoms with Crippen molar-refractivity contribution in [2.75, 3.05) is 24.3 Å². The first-order chi connectivity index (χ1) is 13.6. The normalized spacial score (nSPS) is 14.9. The molecule has 0 saturated heterocycles. The van der Waals surface area contributed by atoms with Crippen molar-refractivity contribution in [3.05, 3.63) is 53.1 Å². The van der Waals surface area contributed by atoms with Crippen LogP contribution in [0.3, 0.4) is 0 Å². The van der Waals surface area contributed by atoms with E-state index in [-0.39, 0.29) is 12.4 Å². The summed E-state index contributed by atoms with van der Waals surface area (Å²) in [4.78, 5) is 25.2. The van der Waals surface area contributed by atoms with Crippen molar-refractivity contribution in [3.63, 3.8) is 0 Å². The molecule has 0 fully saturated rings. The number of nitriles is 1. The number of anilines is 1. The second-order valence-electron chi connectivity index (χ2n) is 6.06. The van der Waals surface area contributed by atoms with Crippen LogP contribution < -0.4 is 10.1 Å². The van der Waals surface area contributed by atoms with Gasteiger partial charge in [-0.15, -0.1) is 11.8 Å². The number of benzene rings is 2. The maximum Gasteiger partial charge on any atom is 0.313 e. The van der Waals surface area contributed by atoms with Gasteiger partial charge in [-0.05, 0) is 42.3 Å². The maximum absolute atomic E-state index is 12.3. The van der Waals surface area contributed by atoms with Gasteiger partial charge in [0.05, 0.1) is 23.4 Å². The SMILES string of the molecule is N#CCSc1ccccc1NC(=O)COC(=O)[C@H]1COc2ccc(Cl)cc2C1. The van der Waals surface area contributed by atoms with Gasteiger partial charge in [-0.1, -0.05) is 23.7 Å². The molecule has 0 aromatic heterocycles. The minimum Gasteiger partial charge on any atom is -0.492 e. The highest BCUT2D eigenvalue weighted by atomic mass is 35.5. The number of hydrogen-bond acceptors (Lipinski definition) is 6. The van der Waals surface area contributed by atoms with E-state index in [4.69, 9.17) is 26.3 Å². The molecule has 6 nitrogen and oxygen atoms in total. The van der Waals surface area contributed by atoms with Crippen molar-refractivity contribution in [1.29, 1.82) is 5.26 Å². The van der Waals surface area contributed by atoms with Gasteiger partial charge in [-0.3, -0.25) is 9.59 Å². The number of nitrogens with zero attached hydrogens (tertiary/aromatic N) is 1. The van der Waals surface area contributed by atoms with E-state index >= 15 is 0 Å². The second kappa shape index (κ2) is 9.49. The van der Waals surface area contributed by atoms with Gasteiger partial charge in [0.2, 0.25) is 0 Å². The molecule has 1 heterocycles. The minimum absolute atomic E-state index is 0.197. The molecule has 144 valence electrons. The van der Waals surface area contributed by atoms with Gasteiger partial charge in [-0.2, -0.15) is 5.26 Å². The molecule has 2 aromatic rings. The standard InChI is InChI=1S/C20H17ClN2O4S/c21-15-5-6-17-13(10-15)9-14(11-26-17)20(25)27-12-19(24)23-16-3-1-2-4-18(16)28-8-7-22/h1-6,10,14H,8-9,11-12H2,(H,23,24)/t14-/m1/s1. The highest BCUT2D eigenvalue weighted by Crippen LogP contribution is 2.30. The zero-order valence-corrected chi connectivity index (χ0v) is 16.4. The lowest BCUT2D eigenvalue weighted by Crippen LogP contribution is -2.32. The first-order valence-electron chi connectivity index (χ1n) is 8.53. The van der Waals surface area contributed by atoms with E-state index < -0.39 is 24.4 Å². The van der Waals surface area contributed by atoms with Crippen LogP contribution in [0.15, 0.2) is 47.4 Å². The number of nitrogens with one attached hydrogen (secondary N) is 1. The number of fused-ring (bicyclic) bond motifs is 1. The molecular weight excluding hydrogens is 400 g/mol. The fourth-order valence-corrected chi connectivity index (χ4v) is 3.63. The van der Waals surface area contributed by atoms with Crippen LogP contribution in [0.5, 0.6) is 5.75 Å². The van der Waals surface area contributed by atoms with Crippen LogP contribution in [0, 0.1) is 17.2 Å². The van der Waals surface area contributed by atoms with E-state index in [9.17, 15) is 9.59 Å². The van der Waals surface area contributed by atoms with Crippen LogP contribution in [-0.4, -0.2) is 30.8 Å². The molecule has 1 N–H and O–H groups in total. The highest BCUT2D eigenvalue weighted by Gasteiger charge is 2.28. The van der Waals surface area contributed by atoms with Crippen molar-refractivity contribution in [1.82, 2.24) is 0 Å². The Bertz CT molecular complexity index is 929. The Kier molecular flexibility index (Phi) is 6.80. The smallest absolute Gasteiger partial charge is 0.313 e. The quantitative estimate of drug-likeness (QED) is 0.570. The molecule has 1 amide bonds. The van der Waals surface area contributed by atoms with Crippen LogP contribution in [0.2, 0.25) is 5.02 Å². The Morgan fingerprint density at radius 3 is 2.96 bits per heavy atom.